The summed E-state index contributed by atoms with van der Waals surface area (Å²) in [6, 6.07) is 20.1. The van der Waals surface area contributed by atoms with E-state index in [-0.39, 0.29) is 12.4 Å². The molecule has 0 saturated heterocycles. The lowest BCUT2D eigenvalue weighted by Crippen LogP contribution is -2.29. The van der Waals surface area contributed by atoms with Crippen molar-refractivity contribution >= 4 is 5.97 Å². The summed E-state index contributed by atoms with van der Waals surface area (Å²) in [5, 5.41) is 10.6. The first kappa shape index (κ1) is 38.9. The Bertz CT molecular complexity index is 1770. The minimum atomic E-state index is -1.30. The number of hydrogen-bond acceptors (Lipinski definition) is 8. The van der Waals surface area contributed by atoms with Gasteiger partial charge in [0.15, 0.2) is 6.10 Å². The molecule has 1 unspecified atom stereocenters. The smallest absolute Gasteiger partial charge is 0.337 e. The Morgan fingerprint density at radius 2 is 1.60 bits per heavy atom. The van der Waals surface area contributed by atoms with Crippen molar-refractivity contribution < 1.29 is 42.7 Å². The maximum atomic E-state index is 13.4. The quantitative estimate of drug-likeness (QED) is 0.102. The van der Waals surface area contributed by atoms with E-state index >= 15 is 0 Å². The van der Waals surface area contributed by atoms with Crippen molar-refractivity contribution in [1.29, 1.82) is 0 Å². The van der Waals surface area contributed by atoms with E-state index in [1.807, 2.05) is 71.0 Å². The van der Waals surface area contributed by atoms with E-state index in [2.05, 4.69) is 6.07 Å². The fourth-order valence-electron chi connectivity index (χ4n) is 6.22. The molecule has 52 heavy (non-hydrogen) atoms. The third-order valence-electron chi connectivity index (χ3n) is 8.56. The van der Waals surface area contributed by atoms with Gasteiger partial charge in [-0.05, 0) is 112 Å². The number of benzene rings is 3. The molecule has 10 heteroatoms. The van der Waals surface area contributed by atoms with Gasteiger partial charge in [0.25, 0.3) is 0 Å². The van der Waals surface area contributed by atoms with Gasteiger partial charge < -0.3 is 33.5 Å². The predicted octanol–water partition coefficient (Wildman–Crippen LogP) is 8.32. The average molecular weight is 716 g/mol. The lowest BCUT2D eigenvalue weighted by atomic mass is 9.85. The van der Waals surface area contributed by atoms with Crippen LogP contribution in [0.3, 0.4) is 0 Å². The number of carboxylic acid groups (broad SMARTS) is 1. The largest absolute Gasteiger partial charge is 0.493 e. The molecule has 5 rings (SSSR count). The van der Waals surface area contributed by atoms with Crippen LogP contribution in [0.5, 0.6) is 11.5 Å². The maximum Gasteiger partial charge on any atom is 0.337 e. The summed E-state index contributed by atoms with van der Waals surface area (Å²) >= 11 is 0. The van der Waals surface area contributed by atoms with Gasteiger partial charge in [0.1, 0.15) is 17.3 Å². The van der Waals surface area contributed by atoms with E-state index in [4.69, 9.17) is 33.4 Å². The molecule has 0 fully saturated rings. The number of carbonyl (C=O) groups is 1. The van der Waals surface area contributed by atoms with Crippen molar-refractivity contribution in [3.8, 4) is 33.8 Å². The van der Waals surface area contributed by atoms with Crippen LogP contribution in [0, 0.1) is 12.7 Å². The number of aliphatic carboxylic acids is 1. The van der Waals surface area contributed by atoms with E-state index in [1.54, 1.807) is 12.1 Å². The molecule has 1 atom stereocenters. The summed E-state index contributed by atoms with van der Waals surface area (Å²) < 4.78 is 48.8. The first-order valence-corrected chi connectivity index (χ1v) is 17.9. The zero-order chi connectivity index (χ0) is 37.1. The molecule has 1 aliphatic heterocycles. The predicted molar refractivity (Wildman–Crippen MR) is 197 cm³/mol. The Balaban J connectivity index is 1.57. The lowest BCUT2D eigenvalue weighted by molar-refractivity contribution is -0.160. The number of nitrogens with zero attached hydrogens (tertiary/aromatic N) is 1. The van der Waals surface area contributed by atoms with Gasteiger partial charge in [-0.2, -0.15) is 0 Å². The molecular weight excluding hydrogens is 665 g/mol. The molecule has 1 aliphatic rings. The average Bonchev–Trinajstić information content (AvgIpc) is 3.12. The summed E-state index contributed by atoms with van der Waals surface area (Å²) in [5.41, 5.74) is 6.08. The number of carboxylic acids is 1. The molecule has 3 aromatic carbocycles. The Labute approximate surface area is 306 Å². The Morgan fingerprint density at radius 3 is 2.29 bits per heavy atom. The van der Waals surface area contributed by atoms with Crippen LogP contribution in [0.15, 0.2) is 66.7 Å². The highest BCUT2D eigenvalue weighted by atomic mass is 19.1. The SMILES string of the molecule is CCOCCOCCOCc1nc(C)c(C(OC(C)(C)C)C(=O)O)c(-c2ccc3c(c2)CCCO3)c1-c1ccc(OCCc2ccc(F)cc2)cc1. The topological polar surface area (TPSA) is 106 Å². The molecule has 0 amide bonds. The zero-order valence-electron chi connectivity index (χ0n) is 30.8. The maximum absolute atomic E-state index is 13.4. The zero-order valence-corrected chi connectivity index (χ0v) is 30.8. The van der Waals surface area contributed by atoms with E-state index < -0.39 is 17.7 Å². The third-order valence-corrected chi connectivity index (χ3v) is 8.56. The van der Waals surface area contributed by atoms with Crippen LogP contribution < -0.4 is 9.47 Å². The van der Waals surface area contributed by atoms with Gasteiger partial charge in [0.05, 0.1) is 57.5 Å². The minimum absolute atomic E-state index is 0.167. The molecule has 1 N–H and O–H groups in total. The van der Waals surface area contributed by atoms with Crippen LogP contribution in [-0.4, -0.2) is 67.9 Å². The van der Waals surface area contributed by atoms with Gasteiger partial charge in [-0.3, -0.25) is 4.98 Å². The van der Waals surface area contributed by atoms with E-state index in [9.17, 15) is 14.3 Å². The van der Waals surface area contributed by atoms with Crippen molar-refractivity contribution in [2.45, 2.75) is 72.2 Å². The van der Waals surface area contributed by atoms with Crippen LogP contribution in [0.2, 0.25) is 0 Å². The number of hydrogen-bond donors (Lipinski definition) is 1. The van der Waals surface area contributed by atoms with Crippen LogP contribution in [0.1, 0.15) is 68.3 Å². The van der Waals surface area contributed by atoms with Gasteiger partial charge in [-0.15, -0.1) is 0 Å². The van der Waals surface area contributed by atoms with Crippen LogP contribution in [-0.2, 0) is 43.2 Å². The Kier molecular flexibility index (Phi) is 13.8. The summed E-state index contributed by atoms with van der Waals surface area (Å²) in [5.74, 6) is 0.124. The second kappa shape index (κ2) is 18.4. The van der Waals surface area contributed by atoms with Gasteiger partial charge in [0, 0.05) is 29.8 Å². The second-order valence-corrected chi connectivity index (χ2v) is 13.6. The summed E-state index contributed by atoms with van der Waals surface area (Å²) in [4.78, 5) is 18.0. The summed E-state index contributed by atoms with van der Waals surface area (Å²) in [6.45, 7) is 12.9. The molecule has 0 bridgehead atoms. The van der Waals surface area contributed by atoms with E-state index in [0.717, 1.165) is 46.4 Å². The highest BCUT2D eigenvalue weighted by molar-refractivity contribution is 5.91. The normalized spacial score (nSPS) is 13.3. The molecule has 0 radical (unpaired) electrons. The molecule has 9 nitrogen and oxygen atoms in total. The molecule has 278 valence electrons. The van der Waals surface area contributed by atoms with E-state index in [0.29, 0.717) is 80.9 Å². The molecule has 0 spiro atoms. The fourth-order valence-corrected chi connectivity index (χ4v) is 6.22. The molecule has 0 saturated carbocycles. The first-order valence-electron chi connectivity index (χ1n) is 17.9. The van der Waals surface area contributed by atoms with Crippen LogP contribution in [0.25, 0.3) is 22.3 Å². The summed E-state index contributed by atoms with van der Waals surface area (Å²) in [7, 11) is 0. The summed E-state index contributed by atoms with van der Waals surface area (Å²) in [6.07, 6.45) is 1.07. The number of rotatable bonds is 18. The van der Waals surface area contributed by atoms with Gasteiger partial charge in [-0.1, -0.05) is 30.3 Å². The molecule has 1 aromatic heterocycles. The van der Waals surface area contributed by atoms with Gasteiger partial charge in [-0.25, -0.2) is 9.18 Å². The minimum Gasteiger partial charge on any atom is -0.493 e. The number of aromatic nitrogens is 1. The second-order valence-electron chi connectivity index (χ2n) is 13.6. The number of pyridine rings is 1. The Hall–Kier alpha value is -4.35. The van der Waals surface area contributed by atoms with Crippen LogP contribution in [0.4, 0.5) is 4.39 Å². The number of ether oxygens (including phenoxy) is 6. The van der Waals surface area contributed by atoms with Crippen molar-refractivity contribution in [2.24, 2.45) is 0 Å². The van der Waals surface area contributed by atoms with Crippen molar-refractivity contribution in [3.63, 3.8) is 0 Å². The fraction of sp³-hybridized carbons (Fsp3) is 0.429. The highest BCUT2D eigenvalue weighted by Crippen LogP contribution is 2.44. The number of halogens is 1. The lowest BCUT2D eigenvalue weighted by Gasteiger charge is -2.30. The monoisotopic (exact) mass is 715 g/mol. The van der Waals surface area contributed by atoms with Crippen LogP contribution >= 0.6 is 0 Å². The third kappa shape index (κ3) is 10.6. The molecular formula is C42H50FNO8. The van der Waals surface area contributed by atoms with Crippen molar-refractivity contribution in [2.75, 3.05) is 46.2 Å². The Morgan fingerprint density at radius 1 is 0.904 bits per heavy atom. The standard InChI is InChI=1S/C42H50FNO8/c1-6-47-22-23-48-24-25-49-27-35-38(30-11-16-34(17-12-30)50-21-19-29-9-14-33(43)15-10-29)39(32-13-18-36-31(26-32)8-7-20-51-36)37(28(2)44-35)40(41(45)46)52-42(3,4)5/h9-18,26,40H,6-8,19-25,27H2,1-5H3,(H,45,46). The van der Waals surface area contributed by atoms with Gasteiger partial charge >= 0.3 is 5.97 Å². The van der Waals surface area contributed by atoms with Crippen molar-refractivity contribution in [1.82, 2.24) is 4.98 Å². The number of fused-ring (bicyclic) bond motifs is 1. The molecule has 0 aliphatic carbocycles. The molecule has 2 heterocycles. The van der Waals surface area contributed by atoms with Crippen molar-refractivity contribution in [3.05, 3.63) is 101 Å². The molecule has 4 aromatic rings. The van der Waals surface area contributed by atoms with E-state index in [1.165, 1.54) is 12.1 Å². The first-order chi connectivity index (χ1) is 25.0. The number of aryl methyl sites for hydroxylation is 2. The van der Waals surface area contributed by atoms with Gasteiger partial charge in [0.2, 0.25) is 0 Å². The highest BCUT2D eigenvalue weighted by Gasteiger charge is 2.34.